The normalized spacial score (nSPS) is 17.3. The molecular formula is C21H24ClN3O2. The van der Waals surface area contributed by atoms with Gasteiger partial charge < -0.3 is 15.4 Å². The van der Waals surface area contributed by atoms with Crippen LogP contribution >= 0.6 is 11.6 Å². The van der Waals surface area contributed by atoms with Gasteiger partial charge in [0, 0.05) is 36.9 Å². The standard InChI is InChI=1S/C21H24ClN3O2/c1-2-16-3-5-17(6-4-16)14-25-11-12-27-20(15-25)13-23-21(26)24-19-9-7-18(22)8-10-19/h2-10,20H,1,11-15H2,(H2,23,24,26). The summed E-state index contributed by atoms with van der Waals surface area (Å²) >= 11 is 5.84. The minimum Gasteiger partial charge on any atom is -0.374 e. The lowest BCUT2D eigenvalue weighted by atomic mass is 10.1. The minimum atomic E-state index is -0.252. The molecule has 2 aromatic carbocycles. The molecule has 0 saturated carbocycles. The van der Waals surface area contributed by atoms with E-state index >= 15 is 0 Å². The lowest BCUT2D eigenvalue weighted by molar-refractivity contribution is -0.0285. The van der Waals surface area contributed by atoms with Crippen molar-refractivity contribution >= 4 is 29.4 Å². The maximum Gasteiger partial charge on any atom is 0.319 e. The molecule has 5 nitrogen and oxygen atoms in total. The fourth-order valence-corrected chi connectivity index (χ4v) is 3.11. The molecule has 27 heavy (non-hydrogen) atoms. The number of anilines is 1. The van der Waals surface area contributed by atoms with Crippen molar-refractivity contribution in [1.29, 1.82) is 0 Å². The number of urea groups is 1. The van der Waals surface area contributed by atoms with E-state index in [1.165, 1.54) is 5.56 Å². The third-order valence-electron chi connectivity index (χ3n) is 4.44. The lowest BCUT2D eigenvalue weighted by Crippen LogP contribution is -2.47. The quantitative estimate of drug-likeness (QED) is 0.790. The summed E-state index contributed by atoms with van der Waals surface area (Å²) in [4.78, 5) is 14.4. The Bertz CT molecular complexity index is 762. The minimum absolute atomic E-state index is 0.0258. The zero-order chi connectivity index (χ0) is 19.1. The first-order valence-electron chi connectivity index (χ1n) is 8.98. The summed E-state index contributed by atoms with van der Waals surface area (Å²) in [5.74, 6) is 0. The number of benzene rings is 2. The van der Waals surface area contributed by atoms with Crippen molar-refractivity contribution in [3.8, 4) is 0 Å². The van der Waals surface area contributed by atoms with Crippen LogP contribution in [0, 0.1) is 0 Å². The topological polar surface area (TPSA) is 53.6 Å². The van der Waals surface area contributed by atoms with Crippen molar-refractivity contribution in [2.75, 3.05) is 31.6 Å². The predicted octanol–water partition coefficient (Wildman–Crippen LogP) is 4.01. The van der Waals surface area contributed by atoms with Crippen LogP contribution in [0.5, 0.6) is 0 Å². The van der Waals surface area contributed by atoms with Crippen molar-refractivity contribution in [2.45, 2.75) is 12.6 Å². The number of ether oxygens (including phenoxy) is 1. The van der Waals surface area contributed by atoms with Gasteiger partial charge in [0.15, 0.2) is 0 Å². The van der Waals surface area contributed by atoms with Crippen molar-refractivity contribution < 1.29 is 9.53 Å². The number of amides is 2. The van der Waals surface area contributed by atoms with E-state index in [1.807, 2.05) is 6.08 Å². The van der Waals surface area contributed by atoms with E-state index in [0.717, 1.165) is 25.2 Å². The summed E-state index contributed by atoms with van der Waals surface area (Å²) in [7, 11) is 0. The molecule has 1 unspecified atom stereocenters. The number of hydrogen-bond donors (Lipinski definition) is 2. The first kappa shape index (κ1) is 19.4. The molecule has 0 aromatic heterocycles. The summed E-state index contributed by atoms with van der Waals surface area (Å²) in [6, 6.07) is 15.1. The smallest absolute Gasteiger partial charge is 0.319 e. The van der Waals surface area contributed by atoms with Gasteiger partial charge in [0.25, 0.3) is 0 Å². The Hall–Kier alpha value is -2.34. The Labute approximate surface area is 165 Å². The third kappa shape index (κ3) is 6.10. The number of hydrogen-bond acceptors (Lipinski definition) is 3. The summed E-state index contributed by atoms with van der Waals surface area (Å²) in [6.45, 7) is 7.44. The highest BCUT2D eigenvalue weighted by Gasteiger charge is 2.21. The highest BCUT2D eigenvalue weighted by Crippen LogP contribution is 2.14. The maximum atomic E-state index is 12.0. The molecule has 1 aliphatic rings. The van der Waals surface area contributed by atoms with Crippen LogP contribution in [0.25, 0.3) is 6.08 Å². The Kier molecular flexibility index (Phi) is 6.87. The lowest BCUT2D eigenvalue weighted by Gasteiger charge is -2.33. The second-order valence-corrected chi connectivity index (χ2v) is 6.95. The number of morpholine rings is 1. The van der Waals surface area contributed by atoms with Gasteiger partial charge in [0.05, 0.1) is 12.7 Å². The number of rotatable bonds is 6. The molecule has 1 aliphatic heterocycles. The van der Waals surface area contributed by atoms with E-state index in [1.54, 1.807) is 24.3 Å². The van der Waals surface area contributed by atoms with Crippen LogP contribution in [-0.2, 0) is 11.3 Å². The largest absolute Gasteiger partial charge is 0.374 e. The Morgan fingerprint density at radius 3 is 2.67 bits per heavy atom. The monoisotopic (exact) mass is 385 g/mol. The van der Waals surface area contributed by atoms with Crippen molar-refractivity contribution in [3.63, 3.8) is 0 Å². The molecule has 0 radical (unpaired) electrons. The second-order valence-electron chi connectivity index (χ2n) is 6.52. The van der Waals surface area contributed by atoms with Gasteiger partial charge in [-0.15, -0.1) is 0 Å². The van der Waals surface area contributed by atoms with Crippen LogP contribution in [0.1, 0.15) is 11.1 Å². The molecule has 1 atom stereocenters. The van der Waals surface area contributed by atoms with Crippen molar-refractivity contribution in [3.05, 3.63) is 71.3 Å². The van der Waals surface area contributed by atoms with Gasteiger partial charge in [-0.2, -0.15) is 0 Å². The molecule has 142 valence electrons. The van der Waals surface area contributed by atoms with Gasteiger partial charge in [-0.25, -0.2) is 4.79 Å². The third-order valence-corrected chi connectivity index (χ3v) is 4.69. The van der Waals surface area contributed by atoms with Gasteiger partial charge in [0.2, 0.25) is 0 Å². The molecule has 2 aromatic rings. The Morgan fingerprint density at radius 1 is 1.22 bits per heavy atom. The Balaban J connectivity index is 1.44. The van der Waals surface area contributed by atoms with Gasteiger partial charge in [-0.05, 0) is 35.4 Å². The number of carbonyl (C=O) groups is 1. The van der Waals surface area contributed by atoms with Crippen molar-refractivity contribution in [2.24, 2.45) is 0 Å². The summed E-state index contributed by atoms with van der Waals surface area (Å²) in [5, 5.41) is 6.29. The number of nitrogens with one attached hydrogen (secondary N) is 2. The van der Waals surface area contributed by atoms with Gasteiger partial charge in [-0.3, -0.25) is 4.90 Å². The average molecular weight is 386 g/mol. The zero-order valence-corrected chi connectivity index (χ0v) is 15.9. The molecule has 0 bridgehead atoms. The highest BCUT2D eigenvalue weighted by atomic mass is 35.5. The molecule has 6 heteroatoms. The molecule has 0 spiro atoms. The first-order valence-corrected chi connectivity index (χ1v) is 9.36. The van der Waals surface area contributed by atoms with Gasteiger partial charge in [-0.1, -0.05) is 48.5 Å². The predicted molar refractivity (Wildman–Crippen MR) is 110 cm³/mol. The summed E-state index contributed by atoms with van der Waals surface area (Å²) in [5.41, 5.74) is 3.08. The van der Waals surface area contributed by atoms with Crippen LogP contribution in [0.15, 0.2) is 55.1 Å². The zero-order valence-electron chi connectivity index (χ0n) is 15.2. The molecule has 1 heterocycles. The highest BCUT2D eigenvalue weighted by molar-refractivity contribution is 6.30. The molecule has 1 fully saturated rings. The number of carbonyl (C=O) groups excluding carboxylic acids is 1. The average Bonchev–Trinajstić information content (AvgIpc) is 2.69. The van der Waals surface area contributed by atoms with Crippen LogP contribution in [-0.4, -0.2) is 43.3 Å². The molecule has 2 amide bonds. The van der Waals surface area contributed by atoms with E-state index < -0.39 is 0 Å². The van der Waals surface area contributed by atoms with Gasteiger partial charge in [0.1, 0.15) is 0 Å². The molecular weight excluding hydrogens is 362 g/mol. The fraction of sp³-hybridized carbons (Fsp3) is 0.286. The Morgan fingerprint density at radius 2 is 1.96 bits per heavy atom. The fourth-order valence-electron chi connectivity index (χ4n) is 2.98. The molecule has 3 rings (SSSR count). The van der Waals surface area contributed by atoms with Crippen molar-refractivity contribution in [1.82, 2.24) is 10.2 Å². The van der Waals surface area contributed by atoms with E-state index in [-0.39, 0.29) is 12.1 Å². The number of halogens is 1. The first-order chi connectivity index (χ1) is 13.1. The van der Waals surface area contributed by atoms with Crippen LogP contribution in [0.2, 0.25) is 5.02 Å². The number of nitrogens with zero attached hydrogens (tertiary/aromatic N) is 1. The van der Waals surface area contributed by atoms with E-state index in [2.05, 4.69) is 46.4 Å². The molecule has 1 saturated heterocycles. The summed E-state index contributed by atoms with van der Waals surface area (Å²) in [6.07, 6.45) is 1.82. The van der Waals surface area contributed by atoms with Crippen LogP contribution < -0.4 is 10.6 Å². The summed E-state index contributed by atoms with van der Waals surface area (Å²) < 4.78 is 5.78. The van der Waals surface area contributed by atoms with Gasteiger partial charge >= 0.3 is 6.03 Å². The van der Waals surface area contributed by atoms with E-state index in [4.69, 9.17) is 16.3 Å². The molecule has 2 N–H and O–H groups in total. The maximum absolute atomic E-state index is 12.0. The van der Waals surface area contributed by atoms with Crippen LogP contribution in [0.4, 0.5) is 10.5 Å². The van der Waals surface area contributed by atoms with E-state index in [0.29, 0.717) is 23.9 Å². The molecule has 0 aliphatic carbocycles. The van der Waals surface area contributed by atoms with E-state index in [9.17, 15) is 4.79 Å². The second kappa shape index (κ2) is 9.55. The SMILES string of the molecule is C=Cc1ccc(CN2CCOC(CNC(=O)Nc3ccc(Cl)cc3)C2)cc1. The van der Waals surface area contributed by atoms with Crippen LogP contribution in [0.3, 0.4) is 0 Å².